The third-order valence-corrected chi connectivity index (χ3v) is 7.13. The number of nitrogens with one attached hydrogen (secondary N) is 2. The molecule has 0 bridgehead atoms. The molecule has 32 heavy (non-hydrogen) atoms. The Kier molecular flexibility index (Phi) is 4.98. The summed E-state index contributed by atoms with van der Waals surface area (Å²) in [4.78, 5) is 41.7. The Hall–Kier alpha value is -2.90. The van der Waals surface area contributed by atoms with Gasteiger partial charge in [0.15, 0.2) is 0 Å². The second kappa shape index (κ2) is 7.60. The van der Waals surface area contributed by atoms with Crippen molar-refractivity contribution in [1.82, 2.24) is 10.2 Å². The van der Waals surface area contributed by atoms with Crippen LogP contribution in [0.4, 0.5) is 5.69 Å². The molecule has 2 aromatic rings. The first-order chi connectivity index (χ1) is 15.4. The van der Waals surface area contributed by atoms with Crippen LogP contribution in [0.5, 0.6) is 5.75 Å². The minimum atomic E-state index is -1.35. The van der Waals surface area contributed by atoms with E-state index in [9.17, 15) is 19.5 Å². The van der Waals surface area contributed by atoms with Gasteiger partial charge in [-0.25, -0.2) is 0 Å². The number of likely N-dealkylation sites (tertiary alicyclic amines) is 1. The van der Waals surface area contributed by atoms with E-state index in [1.807, 2.05) is 6.92 Å². The van der Waals surface area contributed by atoms with Crippen molar-refractivity contribution in [2.75, 3.05) is 11.9 Å². The number of benzene rings is 2. The Labute approximate surface area is 190 Å². The van der Waals surface area contributed by atoms with Crippen LogP contribution in [0.25, 0.3) is 0 Å². The lowest BCUT2D eigenvalue weighted by Gasteiger charge is -2.29. The highest BCUT2D eigenvalue weighted by Gasteiger charge is 2.70. The van der Waals surface area contributed by atoms with E-state index in [4.69, 9.17) is 11.6 Å². The molecule has 3 aliphatic heterocycles. The van der Waals surface area contributed by atoms with Crippen LogP contribution < -0.4 is 10.6 Å². The number of halogens is 1. The summed E-state index contributed by atoms with van der Waals surface area (Å²) in [7, 11) is 0. The minimum Gasteiger partial charge on any atom is -0.508 e. The summed E-state index contributed by atoms with van der Waals surface area (Å²) in [6.07, 6.45) is 2.01. The molecule has 0 aromatic heterocycles. The van der Waals surface area contributed by atoms with E-state index in [0.29, 0.717) is 35.7 Å². The van der Waals surface area contributed by atoms with E-state index in [-0.39, 0.29) is 23.5 Å². The molecule has 2 saturated heterocycles. The Morgan fingerprint density at radius 3 is 2.56 bits per heavy atom. The zero-order valence-electron chi connectivity index (χ0n) is 17.6. The number of phenols is 1. The second-order valence-corrected chi connectivity index (χ2v) is 9.20. The number of carbonyl (C=O) groups is 3. The number of aromatic hydroxyl groups is 1. The molecule has 3 heterocycles. The fourth-order valence-corrected chi connectivity index (χ4v) is 5.60. The van der Waals surface area contributed by atoms with Crippen molar-refractivity contribution >= 4 is 35.0 Å². The van der Waals surface area contributed by atoms with Gasteiger partial charge >= 0.3 is 0 Å². The number of imide groups is 1. The van der Waals surface area contributed by atoms with Gasteiger partial charge < -0.3 is 10.4 Å². The van der Waals surface area contributed by atoms with Crippen LogP contribution in [0.1, 0.15) is 30.9 Å². The van der Waals surface area contributed by atoms with Gasteiger partial charge in [-0.3, -0.25) is 24.6 Å². The van der Waals surface area contributed by atoms with Crippen molar-refractivity contribution in [3.8, 4) is 5.75 Å². The average molecular weight is 454 g/mol. The zero-order chi connectivity index (χ0) is 22.6. The number of nitrogens with zero attached hydrogens (tertiary/aromatic N) is 1. The summed E-state index contributed by atoms with van der Waals surface area (Å²) in [5.74, 6) is -2.23. The highest BCUT2D eigenvalue weighted by molar-refractivity contribution is 6.31. The van der Waals surface area contributed by atoms with Crippen LogP contribution in [0, 0.1) is 11.8 Å². The smallest absolute Gasteiger partial charge is 0.250 e. The van der Waals surface area contributed by atoms with Crippen molar-refractivity contribution in [3.05, 3.63) is 58.6 Å². The summed E-state index contributed by atoms with van der Waals surface area (Å²) in [5, 5.41) is 16.4. The molecule has 2 fully saturated rings. The Balaban J connectivity index is 1.61. The molecule has 1 spiro atoms. The van der Waals surface area contributed by atoms with Gasteiger partial charge in [0, 0.05) is 28.9 Å². The molecule has 5 rings (SSSR count). The minimum absolute atomic E-state index is 0.152. The van der Waals surface area contributed by atoms with Crippen molar-refractivity contribution in [2.45, 2.75) is 37.8 Å². The van der Waals surface area contributed by atoms with E-state index in [2.05, 4.69) is 10.6 Å². The predicted octanol–water partition coefficient (Wildman–Crippen LogP) is 2.81. The number of phenolic OH excluding ortho intramolecular Hbond substituents is 1. The molecule has 0 saturated carbocycles. The summed E-state index contributed by atoms with van der Waals surface area (Å²) in [6, 6.07) is 11.4. The third kappa shape index (κ3) is 2.95. The first kappa shape index (κ1) is 21.0. The van der Waals surface area contributed by atoms with Crippen molar-refractivity contribution in [1.29, 1.82) is 0 Å². The Morgan fingerprint density at radius 2 is 1.84 bits per heavy atom. The van der Waals surface area contributed by atoms with Crippen LogP contribution in [0.2, 0.25) is 5.02 Å². The van der Waals surface area contributed by atoms with Gasteiger partial charge in [-0.2, -0.15) is 0 Å². The van der Waals surface area contributed by atoms with Gasteiger partial charge in [0.2, 0.25) is 17.7 Å². The van der Waals surface area contributed by atoms with Crippen molar-refractivity contribution in [3.63, 3.8) is 0 Å². The topological polar surface area (TPSA) is 98.7 Å². The maximum atomic E-state index is 13.6. The SMILES string of the molecule is CCCCN1C(=O)[C@H]2[C@@H](C1=O)[C@@]1(N[C@@H]2Cc2ccc(O)cc2)C(=O)Nc2ccc(Cl)cc21. The fraction of sp³-hybridized carbons (Fsp3) is 0.375. The van der Waals surface area contributed by atoms with E-state index < -0.39 is 23.4 Å². The van der Waals surface area contributed by atoms with Gasteiger partial charge in [0.25, 0.3) is 0 Å². The number of unbranched alkanes of at least 4 members (excludes halogenated alkanes) is 1. The maximum absolute atomic E-state index is 13.6. The van der Waals surface area contributed by atoms with Crippen LogP contribution in [-0.2, 0) is 26.3 Å². The lowest BCUT2D eigenvalue weighted by molar-refractivity contribution is -0.142. The van der Waals surface area contributed by atoms with Gasteiger partial charge in [-0.1, -0.05) is 37.1 Å². The molecule has 8 heteroatoms. The summed E-state index contributed by atoms with van der Waals surface area (Å²) in [5.41, 5.74) is 0.758. The average Bonchev–Trinajstić information content (AvgIpc) is 3.34. The van der Waals surface area contributed by atoms with Crippen LogP contribution in [-0.4, -0.2) is 40.3 Å². The standard InChI is InChI=1S/C24H24ClN3O4/c1-2-3-10-28-21(30)19-18(11-13-4-7-15(29)8-5-13)27-24(20(19)22(28)31)16-12-14(25)6-9-17(16)26-23(24)32/h4-9,12,18-20,27,29H,2-3,10-11H2,1H3,(H,26,32)/t18-,19-,20+,24-/m1/s1. The van der Waals surface area contributed by atoms with Crippen LogP contribution >= 0.6 is 11.6 Å². The molecule has 0 radical (unpaired) electrons. The number of anilines is 1. The molecule has 0 unspecified atom stereocenters. The van der Waals surface area contributed by atoms with Gasteiger partial charge in [-0.05, 0) is 48.7 Å². The zero-order valence-corrected chi connectivity index (χ0v) is 18.4. The first-order valence-electron chi connectivity index (χ1n) is 10.9. The van der Waals surface area contributed by atoms with Gasteiger partial charge in [0.05, 0.1) is 11.8 Å². The van der Waals surface area contributed by atoms with Gasteiger partial charge in [0.1, 0.15) is 11.3 Å². The maximum Gasteiger partial charge on any atom is 0.250 e. The molecule has 3 aliphatic rings. The Morgan fingerprint density at radius 1 is 1.09 bits per heavy atom. The molecule has 2 aromatic carbocycles. The number of fused-ring (bicyclic) bond motifs is 4. The molecule has 4 atom stereocenters. The van der Waals surface area contributed by atoms with Crippen molar-refractivity contribution < 1.29 is 19.5 Å². The first-order valence-corrected chi connectivity index (χ1v) is 11.3. The number of hydrogen-bond donors (Lipinski definition) is 3. The summed E-state index contributed by atoms with van der Waals surface area (Å²) < 4.78 is 0. The van der Waals surface area contributed by atoms with E-state index in [1.54, 1.807) is 42.5 Å². The molecular weight excluding hydrogens is 430 g/mol. The lowest BCUT2D eigenvalue weighted by Crippen LogP contribution is -2.53. The summed E-state index contributed by atoms with van der Waals surface area (Å²) in [6.45, 7) is 2.36. The van der Waals surface area contributed by atoms with E-state index in [1.165, 1.54) is 4.90 Å². The molecular formula is C24H24ClN3O4. The molecule has 3 N–H and O–H groups in total. The van der Waals surface area contributed by atoms with Crippen LogP contribution in [0.3, 0.4) is 0 Å². The highest BCUT2D eigenvalue weighted by atomic mass is 35.5. The monoisotopic (exact) mass is 453 g/mol. The lowest BCUT2D eigenvalue weighted by atomic mass is 9.76. The molecule has 3 amide bonds. The van der Waals surface area contributed by atoms with E-state index >= 15 is 0 Å². The normalized spacial score (nSPS) is 28.4. The highest BCUT2D eigenvalue weighted by Crippen LogP contribution is 2.53. The predicted molar refractivity (Wildman–Crippen MR) is 119 cm³/mol. The Bertz CT molecular complexity index is 1120. The molecule has 7 nitrogen and oxygen atoms in total. The van der Waals surface area contributed by atoms with Gasteiger partial charge in [-0.15, -0.1) is 0 Å². The number of carbonyl (C=O) groups excluding carboxylic acids is 3. The van der Waals surface area contributed by atoms with Crippen LogP contribution in [0.15, 0.2) is 42.5 Å². The summed E-state index contributed by atoms with van der Waals surface area (Å²) >= 11 is 6.27. The second-order valence-electron chi connectivity index (χ2n) is 8.76. The van der Waals surface area contributed by atoms with Crippen molar-refractivity contribution in [2.24, 2.45) is 11.8 Å². The number of rotatable bonds is 5. The number of hydrogen-bond acceptors (Lipinski definition) is 5. The number of amides is 3. The largest absolute Gasteiger partial charge is 0.508 e. The quantitative estimate of drug-likeness (QED) is 0.605. The fourth-order valence-electron chi connectivity index (χ4n) is 5.43. The third-order valence-electron chi connectivity index (χ3n) is 6.90. The molecule has 0 aliphatic carbocycles. The van der Waals surface area contributed by atoms with E-state index in [0.717, 1.165) is 12.0 Å². The molecule has 166 valence electrons.